The van der Waals surface area contributed by atoms with Gasteiger partial charge in [-0.15, -0.1) is 5.10 Å². The van der Waals surface area contributed by atoms with Gasteiger partial charge in [-0.3, -0.25) is 4.79 Å². The Hall–Kier alpha value is -2.70. The second-order valence-corrected chi connectivity index (χ2v) is 5.83. The number of rotatable bonds is 5. The minimum atomic E-state index is -1.10. The van der Waals surface area contributed by atoms with E-state index in [-0.39, 0.29) is 12.3 Å². The molecule has 1 fully saturated rings. The van der Waals surface area contributed by atoms with Gasteiger partial charge in [-0.25, -0.2) is 9.48 Å². The number of carboxylic acid groups (broad SMARTS) is 1. The molecule has 7 heteroatoms. The molecule has 1 aliphatic rings. The topological polar surface area (TPSA) is 97.1 Å². The molecule has 1 aromatic carbocycles. The molecule has 0 unspecified atom stereocenters. The maximum Gasteiger partial charge on any atom is 0.329 e. The molecule has 7 nitrogen and oxygen atoms in total. The Bertz CT molecular complexity index is 735. The molecule has 3 rings (SSSR count). The van der Waals surface area contributed by atoms with E-state index in [4.69, 9.17) is 0 Å². The van der Waals surface area contributed by atoms with E-state index in [0.29, 0.717) is 18.5 Å². The molecule has 23 heavy (non-hydrogen) atoms. The Kier molecular flexibility index (Phi) is 3.85. The number of hydrogen-bond donors (Lipinski definition) is 2. The Morgan fingerprint density at radius 1 is 1.30 bits per heavy atom. The average Bonchev–Trinajstić information content (AvgIpc) is 2.84. The second kappa shape index (κ2) is 5.83. The minimum Gasteiger partial charge on any atom is -0.480 e. The number of nitrogens with one attached hydrogen (secondary N) is 1. The molecule has 1 saturated carbocycles. The summed E-state index contributed by atoms with van der Waals surface area (Å²) in [6.45, 7) is 1.84. The van der Waals surface area contributed by atoms with Crippen molar-refractivity contribution in [2.24, 2.45) is 0 Å². The molecular formula is C16H18N4O3. The lowest BCUT2D eigenvalue weighted by Gasteiger charge is -2.38. The number of carboxylic acids is 1. The normalized spacial score (nSPS) is 15.7. The van der Waals surface area contributed by atoms with Crippen LogP contribution in [0.1, 0.15) is 30.7 Å². The summed E-state index contributed by atoms with van der Waals surface area (Å²) in [6, 6.07) is 9.51. The van der Waals surface area contributed by atoms with Crippen molar-refractivity contribution in [3.63, 3.8) is 0 Å². The van der Waals surface area contributed by atoms with Crippen LogP contribution in [-0.4, -0.2) is 37.5 Å². The number of nitrogens with zero attached hydrogens (tertiary/aromatic N) is 3. The summed E-state index contributed by atoms with van der Waals surface area (Å²) >= 11 is 0. The third kappa shape index (κ3) is 2.81. The van der Waals surface area contributed by atoms with Crippen LogP contribution < -0.4 is 5.32 Å². The fourth-order valence-electron chi connectivity index (χ4n) is 2.72. The van der Waals surface area contributed by atoms with Crippen molar-refractivity contribution >= 4 is 11.9 Å². The van der Waals surface area contributed by atoms with Gasteiger partial charge in [-0.1, -0.05) is 23.4 Å². The van der Waals surface area contributed by atoms with Crippen molar-refractivity contribution in [3.05, 3.63) is 41.7 Å². The van der Waals surface area contributed by atoms with Gasteiger partial charge in [0.2, 0.25) is 5.91 Å². The van der Waals surface area contributed by atoms with Gasteiger partial charge in [0, 0.05) is 0 Å². The van der Waals surface area contributed by atoms with Crippen LogP contribution in [0.3, 0.4) is 0 Å². The Morgan fingerprint density at radius 3 is 2.57 bits per heavy atom. The van der Waals surface area contributed by atoms with Crippen LogP contribution in [0.15, 0.2) is 30.3 Å². The van der Waals surface area contributed by atoms with E-state index < -0.39 is 11.5 Å². The molecule has 1 heterocycles. The predicted molar refractivity (Wildman–Crippen MR) is 82.2 cm³/mol. The molecule has 120 valence electrons. The van der Waals surface area contributed by atoms with Crippen LogP contribution in [0, 0.1) is 6.92 Å². The van der Waals surface area contributed by atoms with Gasteiger partial charge in [0.1, 0.15) is 5.54 Å². The van der Waals surface area contributed by atoms with Crippen LogP contribution >= 0.6 is 0 Å². The molecule has 1 aromatic heterocycles. The first-order valence-electron chi connectivity index (χ1n) is 7.53. The highest BCUT2D eigenvalue weighted by Gasteiger charge is 2.45. The van der Waals surface area contributed by atoms with Crippen molar-refractivity contribution in [1.29, 1.82) is 0 Å². The number of amides is 1. The summed E-state index contributed by atoms with van der Waals surface area (Å²) in [5, 5.41) is 20.0. The molecule has 1 aliphatic carbocycles. The summed E-state index contributed by atoms with van der Waals surface area (Å²) < 4.78 is 1.67. The first kappa shape index (κ1) is 15.2. The highest BCUT2D eigenvalue weighted by molar-refractivity contribution is 5.88. The molecular weight excluding hydrogens is 296 g/mol. The van der Waals surface area contributed by atoms with E-state index in [2.05, 4.69) is 15.6 Å². The van der Waals surface area contributed by atoms with Gasteiger partial charge >= 0.3 is 5.97 Å². The number of carbonyl (C=O) groups is 2. The van der Waals surface area contributed by atoms with Gasteiger partial charge in [0.05, 0.1) is 23.5 Å². The lowest BCUT2D eigenvalue weighted by Crippen LogP contribution is -2.59. The van der Waals surface area contributed by atoms with Crippen molar-refractivity contribution in [2.75, 3.05) is 0 Å². The molecule has 0 bridgehead atoms. The summed E-state index contributed by atoms with van der Waals surface area (Å²) in [5.74, 6) is -1.31. The maximum absolute atomic E-state index is 12.2. The van der Waals surface area contributed by atoms with Crippen molar-refractivity contribution in [2.45, 2.75) is 38.1 Å². The van der Waals surface area contributed by atoms with E-state index >= 15 is 0 Å². The largest absolute Gasteiger partial charge is 0.480 e. The molecule has 1 amide bonds. The standard InChI is InChI=1S/C16H18N4O3/c1-11-13(18-19-20(11)12-6-3-2-4-7-12)10-14(21)17-16(15(22)23)8-5-9-16/h2-4,6-7H,5,8-10H2,1H3,(H,17,21)(H,22,23). The highest BCUT2D eigenvalue weighted by Crippen LogP contribution is 2.32. The second-order valence-electron chi connectivity index (χ2n) is 5.83. The zero-order valence-electron chi connectivity index (χ0n) is 12.8. The van der Waals surface area contributed by atoms with Crippen molar-refractivity contribution in [3.8, 4) is 5.69 Å². The lowest BCUT2D eigenvalue weighted by atomic mass is 9.76. The van der Waals surface area contributed by atoms with Crippen LogP contribution in [0.25, 0.3) is 5.69 Å². The summed E-state index contributed by atoms with van der Waals surface area (Å²) in [5.41, 5.74) is 1.08. The molecule has 2 aromatic rings. The molecule has 0 saturated heterocycles. The highest BCUT2D eigenvalue weighted by atomic mass is 16.4. The Morgan fingerprint density at radius 2 is 2.00 bits per heavy atom. The average molecular weight is 314 g/mol. The number of hydrogen-bond acceptors (Lipinski definition) is 4. The van der Waals surface area contributed by atoms with E-state index in [1.807, 2.05) is 37.3 Å². The van der Waals surface area contributed by atoms with Gasteiger partial charge in [-0.2, -0.15) is 0 Å². The number of carbonyl (C=O) groups excluding carboxylic acids is 1. The van der Waals surface area contributed by atoms with Gasteiger partial charge in [0.25, 0.3) is 0 Å². The van der Waals surface area contributed by atoms with Gasteiger partial charge in [0.15, 0.2) is 0 Å². The van der Waals surface area contributed by atoms with E-state index in [1.54, 1.807) is 4.68 Å². The first-order valence-corrected chi connectivity index (χ1v) is 7.53. The van der Waals surface area contributed by atoms with Gasteiger partial charge < -0.3 is 10.4 Å². The zero-order chi connectivity index (χ0) is 16.4. The van der Waals surface area contributed by atoms with Crippen LogP contribution in [0.5, 0.6) is 0 Å². The number of para-hydroxylation sites is 1. The van der Waals surface area contributed by atoms with Crippen molar-refractivity contribution in [1.82, 2.24) is 20.3 Å². The Labute approximate surface area is 133 Å². The van der Waals surface area contributed by atoms with E-state index in [1.165, 1.54) is 0 Å². The smallest absolute Gasteiger partial charge is 0.329 e. The first-order chi connectivity index (χ1) is 11.0. The monoisotopic (exact) mass is 314 g/mol. The Balaban J connectivity index is 1.73. The predicted octanol–water partition coefficient (Wildman–Crippen LogP) is 1.24. The van der Waals surface area contributed by atoms with E-state index in [0.717, 1.165) is 17.8 Å². The summed E-state index contributed by atoms with van der Waals surface area (Å²) in [4.78, 5) is 23.5. The summed E-state index contributed by atoms with van der Waals surface area (Å²) in [7, 11) is 0. The molecule has 0 spiro atoms. The number of aliphatic carboxylic acids is 1. The fraction of sp³-hybridized carbons (Fsp3) is 0.375. The number of aromatic nitrogens is 3. The maximum atomic E-state index is 12.2. The van der Waals surface area contributed by atoms with Gasteiger partial charge in [-0.05, 0) is 38.3 Å². The SMILES string of the molecule is Cc1c(CC(=O)NC2(C(=O)O)CCC2)nnn1-c1ccccc1. The van der Waals surface area contributed by atoms with Crippen LogP contribution in [0.4, 0.5) is 0 Å². The summed E-state index contributed by atoms with van der Waals surface area (Å²) in [6.07, 6.45) is 1.79. The zero-order valence-corrected chi connectivity index (χ0v) is 12.8. The van der Waals surface area contributed by atoms with E-state index in [9.17, 15) is 14.7 Å². The third-order valence-electron chi connectivity index (χ3n) is 4.31. The fourth-order valence-corrected chi connectivity index (χ4v) is 2.72. The molecule has 2 N–H and O–H groups in total. The molecule has 0 atom stereocenters. The van der Waals surface area contributed by atoms with Crippen LogP contribution in [0.2, 0.25) is 0 Å². The third-order valence-corrected chi connectivity index (χ3v) is 4.31. The quantitative estimate of drug-likeness (QED) is 0.865. The minimum absolute atomic E-state index is 0.0215. The molecule has 0 aliphatic heterocycles. The van der Waals surface area contributed by atoms with Crippen LogP contribution in [-0.2, 0) is 16.0 Å². The van der Waals surface area contributed by atoms with Crippen molar-refractivity contribution < 1.29 is 14.7 Å². The lowest BCUT2D eigenvalue weighted by molar-refractivity contribution is -0.151. The number of benzene rings is 1. The molecule has 0 radical (unpaired) electrons.